The van der Waals surface area contributed by atoms with Crippen molar-refractivity contribution in [3.05, 3.63) is 0 Å². The quantitative estimate of drug-likeness (QED) is 0.0215. The van der Waals surface area contributed by atoms with Gasteiger partial charge in [0, 0.05) is 40.5 Å². The van der Waals surface area contributed by atoms with Crippen molar-refractivity contribution in [2.75, 3.05) is 39.8 Å². The molecule has 0 aliphatic carbocycles. The van der Waals surface area contributed by atoms with Crippen LogP contribution in [-0.4, -0.2) is 184 Å². The molecule has 10 atom stereocenters. The Labute approximate surface area is 435 Å². The van der Waals surface area contributed by atoms with Gasteiger partial charge >= 0.3 is 0 Å². The number of hydrogen-bond acceptors (Lipinski definition) is 14. The lowest BCUT2D eigenvalue weighted by molar-refractivity contribution is -0.159. The number of aliphatic imine (C=N–C) groups is 1. The topological polar surface area (TPSA) is 401 Å². The van der Waals surface area contributed by atoms with Gasteiger partial charge in [-0.05, 0) is 63.7 Å². The Hall–Kier alpha value is -6.44. The van der Waals surface area contributed by atoms with Crippen molar-refractivity contribution in [3.63, 3.8) is 0 Å². The molecule has 1 heterocycles. The van der Waals surface area contributed by atoms with Crippen LogP contribution in [0.5, 0.6) is 0 Å². The average molecular weight is 1050 g/mol. The zero-order valence-corrected chi connectivity index (χ0v) is 45.4. The van der Waals surface area contributed by atoms with Crippen LogP contribution >= 0.6 is 0 Å². The first kappa shape index (κ1) is 67.6. The van der Waals surface area contributed by atoms with Gasteiger partial charge in [-0.3, -0.25) is 62.6 Å². The Morgan fingerprint density at radius 3 is 1.80 bits per heavy atom. The van der Waals surface area contributed by atoms with Gasteiger partial charge in [0.05, 0.1) is 25.2 Å². The van der Waals surface area contributed by atoms with Crippen molar-refractivity contribution in [1.29, 1.82) is 0 Å². The summed E-state index contributed by atoms with van der Waals surface area (Å²) in [5, 5.41) is 33.8. The first-order valence-electron chi connectivity index (χ1n) is 25.3. The van der Waals surface area contributed by atoms with Gasteiger partial charge in [-0.15, -0.1) is 0 Å². The number of carbonyl (C=O) groups is 11. The van der Waals surface area contributed by atoms with E-state index in [4.69, 9.17) is 27.1 Å². The molecule has 26 nitrogen and oxygen atoms in total. The van der Waals surface area contributed by atoms with Crippen LogP contribution in [0.1, 0.15) is 128 Å². The normalized spacial score (nSPS) is 16.6. The fourth-order valence-electron chi connectivity index (χ4n) is 7.61. The van der Waals surface area contributed by atoms with Crippen LogP contribution in [0, 0.1) is 17.8 Å². The van der Waals surface area contributed by atoms with Crippen molar-refractivity contribution in [2.24, 2.45) is 39.9 Å². The summed E-state index contributed by atoms with van der Waals surface area (Å²) in [4.78, 5) is 152. The third-order valence-electron chi connectivity index (χ3n) is 12.4. The van der Waals surface area contributed by atoms with Gasteiger partial charge in [-0.1, -0.05) is 67.7 Å². The second kappa shape index (κ2) is 34.1. The number of aliphatic hydroxyl groups excluding tert-OH is 1. The molecule has 1 rings (SSSR count). The smallest absolute Gasteiger partial charge is 0.300 e. The number of imide groups is 1. The van der Waals surface area contributed by atoms with Crippen molar-refractivity contribution in [3.8, 4) is 0 Å². The van der Waals surface area contributed by atoms with Gasteiger partial charge in [0.15, 0.2) is 5.96 Å². The summed E-state index contributed by atoms with van der Waals surface area (Å²) in [6.07, 6.45) is 0.202. The number of carbonyl (C=O) groups excluding carboxylic acids is 10. The van der Waals surface area contributed by atoms with E-state index in [-0.39, 0.29) is 57.2 Å². The number of amides is 10. The van der Waals surface area contributed by atoms with E-state index in [1.165, 1.54) is 25.8 Å². The standard InChI is InChI=1S/C46H83N13O11.C2H4O2/c1-12-18-30(43(68)59(45(70)35(47)26(7)13-2)32(19-16-21-51-46(48)49)44(69)58-22-17-20-31(58)39(64)50-15-4)53-42(67)38(28(9)60)56-41(66)37(27(8)14-3)55-40(65)36(25(5)6)54-33(62)23-52-34(63)24-57(11)29(10)61;1-2(3)4/h25-28,30-32,35-38,60H,12-24,47H2,1-11H3,(H,50,64)(H,52,63)(H,53,67)(H,54,62)(H,55,65)(H,56,66)(H4,48,49,51);1H3,(H,3,4)/t26-,27-,28+,30-,31-,32-,35-,36-,37+,38-;/m0./s1. The molecule has 422 valence electrons. The van der Waals surface area contributed by atoms with E-state index >= 15 is 4.79 Å². The summed E-state index contributed by atoms with van der Waals surface area (Å²) in [7, 11) is 1.42. The maximum Gasteiger partial charge on any atom is 0.300 e. The second-order valence-electron chi connectivity index (χ2n) is 18.9. The number of likely N-dealkylation sites (tertiary alicyclic amines) is 1. The van der Waals surface area contributed by atoms with Crippen molar-refractivity contribution < 1.29 is 63.0 Å². The molecule has 1 fully saturated rings. The number of rotatable bonds is 29. The van der Waals surface area contributed by atoms with Crippen LogP contribution in [0.2, 0.25) is 0 Å². The Balaban J connectivity index is 0.0000128. The first-order valence-corrected chi connectivity index (χ1v) is 25.3. The van der Waals surface area contributed by atoms with Crippen LogP contribution in [-0.2, 0) is 52.7 Å². The maximum absolute atomic E-state index is 15.0. The molecule has 1 saturated heterocycles. The van der Waals surface area contributed by atoms with Crippen LogP contribution in [0.15, 0.2) is 4.99 Å². The number of aliphatic hydroxyl groups is 1. The maximum atomic E-state index is 15.0. The Bertz CT molecular complexity index is 1940. The highest BCUT2D eigenvalue weighted by Gasteiger charge is 2.46. The third kappa shape index (κ3) is 22.8. The first-order chi connectivity index (χ1) is 34.5. The van der Waals surface area contributed by atoms with Crippen molar-refractivity contribution >= 4 is 71.0 Å². The Kier molecular flexibility index (Phi) is 31.2. The zero-order valence-electron chi connectivity index (χ0n) is 45.4. The molecule has 1 aliphatic rings. The van der Waals surface area contributed by atoms with Gasteiger partial charge in [0.2, 0.25) is 53.2 Å². The Morgan fingerprint density at radius 2 is 1.30 bits per heavy atom. The molecule has 0 unspecified atom stereocenters. The summed E-state index contributed by atoms with van der Waals surface area (Å²) < 4.78 is 0. The fourth-order valence-corrected chi connectivity index (χ4v) is 7.61. The van der Waals surface area contributed by atoms with E-state index in [1.54, 1.807) is 55.4 Å². The van der Waals surface area contributed by atoms with E-state index in [0.717, 1.165) is 16.7 Å². The minimum absolute atomic E-state index is 0.0249. The number of likely N-dealkylation sites (N-methyl/N-ethyl adjacent to an activating group) is 2. The van der Waals surface area contributed by atoms with Gasteiger partial charge in [0.25, 0.3) is 11.9 Å². The van der Waals surface area contributed by atoms with Gasteiger partial charge < -0.3 is 69.1 Å². The molecule has 26 heteroatoms. The molecule has 14 N–H and O–H groups in total. The summed E-state index contributed by atoms with van der Waals surface area (Å²) in [5.41, 5.74) is 17.6. The SMILES string of the molecule is CC(=O)O.CCC[C@H](NC(=O)[C@@H](NC(=O)[C@H](NC(=O)[C@@H](NC(=O)CNC(=O)CN(C)C(C)=O)C(C)C)[C@@H](C)CC)[C@@H](C)O)C(=O)N(C(=O)[C@@H](N)[C@@H](C)CC)[C@@H](CCCN=C(N)N)C(=O)N1CCC[C@H]1C(=O)NCC. The van der Waals surface area contributed by atoms with E-state index < -0.39 is 132 Å². The largest absolute Gasteiger partial charge is 0.481 e. The number of aliphatic carboxylic acids is 1. The third-order valence-corrected chi connectivity index (χ3v) is 12.4. The molecule has 0 aromatic rings. The van der Waals surface area contributed by atoms with E-state index in [2.05, 4.69) is 36.9 Å². The number of nitrogens with two attached hydrogens (primary N) is 3. The monoisotopic (exact) mass is 1050 g/mol. The number of hydrogen-bond donors (Lipinski definition) is 11. The van der Waals surface area contributed by atoms with E-state index in [9.17, 15) is 48.3 Å². The van der Waals surface area contributed by atoms with Crippen LogP contribution in [0.4, 0.5) is 0 Å². The van der Waals surface area contributed by atoms with Gasteiger partial charge in [-0.2, -0.15) is 0 Å². The molecular weight excluding hydrogens is 967 g/mol. The highest BCUT2D eigenvalue weighted by Crippen LogP contribution is 2.25. The minimum Gasteiger partial charge on any atom is -0.481 e. The number of nitrogens with one attached hydrogen (secondary N) is 6. The van der Waals surface area contributed by atoms with Crippen LogP contribution in [0.3, 0.4) is 0 Å². The molecule has 0 radical (unpaired) electrons. The molecule has 0 saturated carbocycles. The lowest BCUT2D eigenvalue weighted by atomic mass is 9.95. The predicted molar refractivity (Wildman–Crippen MR) is 275 cm³/mol. The minimum atomic E-state index is -1.72. The van der Waals surface area contributed by atoms with E-state index in [0.29, 0.717) is 32.2 Å². The van der Waals surface area contributed by atoms with Crippen molar-refractivity contribution in [1.82, 2.24) is 46.6 Å². The lowest BCUT2D eigenvalue weighted by Crippen LogP contribution is -2.65. The van der Waals surface area contributed by atoms with E-state index in [1.807, 2.05) is 0 Å². The molecule has 0 aromatic carbocycles. The number of nitrogens with zero attached hydrogens (tertiary/aromatic N) is 4. The second-order valence-corrected chi connectivity index (χ2v) is 18.9. The number of carboxylic acids is 1. The van der Waals surface area contributed by atoms with Crippen LogP contribution < -0.4 is 49.1 Å². The fraction of sp³-hybridized carbons (Fsp3) is 0.750. The predicted octanol–water partition coefficient (Wildman–Crippen LogP) is -2.23. The summed E-state index contributed by atoms with van der Waals surface area (Å²) >= 11 is 0. The molecule has 0 bridgehead atoms. The average Bonchev–Trinajstić information content (AvgIpc) is 3.83. The molecule has 10 amide bonds. The number of guanidine groups is 1. The molecule has 1 aliphatic heterocycles. The summed E-state index contributed by atoms with van der Waals surface area (Å²) in [6.45, 7) is 17.0. The zero-order chi connectivity index (χ0) is 57.2. The van der Waals surface area contributed by atoms with Crippen molar-refractivity contribution in [2.45, 2.75) is 176 Å². The summed E-state index contributed by atoms with van der Waals surface area (Å²) in [5.74, 6) is -9.90. The highest BCUT2D eigenvalue weighted by atomic mass is 16.4. The van der Waals surface area contributed by atoms with Gasteiger partial charge in [-0.25, -0.2) is 0 Å². The lowest BCUT2D eigenvalue weighted by Gasteiger charge is -2.38. The Morgan fingerprint density at radius 1 is 0.743 bits per heavy atom. The number of carboxylic acid groups (broad SMARTS) is 1. The molecule has 0 aromatic heterocycles. The molecule has 74 heavy (non-hydrogen) atoms. The summed E-state index contributed by atoms with van der Waals surface area (Å²) in [6, 6.07) is -9.39. The molecular formula is C48H87N13O13. The highest BCUT2D eigenvalue weighted by molar-refractivity contribution is 6.06. The van der Waals surface area contributed by atoms with Gasteiger partial charge in [0.1, 0.15) is 36.3 Å². The molecule has 0 spiro atoms. The van der Waals surface area contributed by atoms with Crippen LogP contribution in [0.25, 0.3) is 0 Å².